The van der Waals surface area contributed by atoms with Crippen LogP contribution in [0.4, 0.5) is 20.2 Å². The summed E-state index contributed by atoms with van der Waals surface area (Å²) in [6, 6.07) is 1.45. The van der Waals surface area contributed by atoms with Crippen molar-refractivity contribution >= 4 is 21.2 Å². The van der Waals surface area contributed by atoms with Crippen molar-refractivity contribution in [1.82, 2.24) is 0 Å². The Morgan fingerprint density at radius 3 is 2.53 bits per heavy atom. The maximum atomic E-state index is 13.4. The van der Waals surface area contributed by atoms with Crippen LogP contribution in [-0.4, -0.2) is 31.4 Å². The zero-order valence-corrected chi connectivity index (χ0v) is 10.8. The van der Waals surface area contributed by atoms with E-state index in [1.807, 2.05) is 0 Å². The molecule has 1 N–H and O–H groups in total. The highest BCUT2D eigenvalue weighted by atomic mass is 32.2. The average molecular weight is 294 g/mol. The van der Waals surface area contributed by atoms with Gasteiger partial charge >= 0.3 is 0 Å². The van der Waals surface area contributed by atoms with Gasteiger partial charge in [-0.25, -0.2) is 17.2 Å². The molecule has 0 spiro atoms. The molecule has 19 heavy (non-hydrogen) atoms. The van der Waals surface area contributed by atoms with Gasteiger partial charge in [-0.2, -0.15) is 0 Å². The quantitative estimate of drug-likeness (QED) is 0.637. The number of nitrogens with one attached hydrogen (secondary N) is 1. The smallest absolute Gasteiger partial charge is 0.295 e. The number of nitro benzene ring substituents is 1. The molecule has 6 nitrogen and oxygen atoms in total. The molecule has 0 aromatic heterocycles. The summed E-state index contributed by atoms with van der Waals surface area (Å²) in [4.78, 5) is 9.78. The van der Waals surface area contributed by atoms with Crippen LogP contribution in [0.5, 0.6) is 0 Å². The van der Waals surface area contributed by atoms with Crippen LogP contribution in [-0.2, 0) is 9.84 Å². The van der Waals surface area contributed by atoms with E-state index in [1.54, 1.807) is 0 Å². The maximum Gasteiger partial charge on any atom is 0.295 e. The lowest BCUT2D eigenvalue weighted by Crippen LogP contribution is -2.18. The van der Waals surface area contributed by atoms with Crippen LogP contribution in [0.25, 0.3) is 0 Å². The summed E-state index contributed by atoms with van der Waals surface area (Å²) in [6.45, 7) is 1.21. The Kier molecular flexibility index (Phi) is 4.76. The summed E-state index contributed by atoms with van der Waals surface area (Å²) in [7, 11) is -3.29. The number of rotatable bonds is 6. The SMILES string of the molecule is CCS(=O)(=O)CCNc1c([N+](=O)[O-])ccc(F)c1F. The van der Waals surface area contributed by atoms with Crippen molar-refractivity contribution in [2.24, 2.45) is 0 Å². The molecular formula is C10H12F2N2O4S. The predicted molar refractivity (Wildman–Crippen MR) is 65.8 cm³/mol. The number of hydrogen-bond acceptors (Lipinski definition) is 5. The van der Waals surface area contributed by atoms with E-state index in [1.165, 1.54) is 6.92 Å². The number of benzene rings is 1. The number of nitrogens with zero attached hydrogens (tertiary/aromatic N) is 1. The molecule has 0 saturated heterocycles. The maximum absolute atomic E-state index is 13.4. The molecule has 0 atom stereocenters. The number of anilines is 1. The van der Waals surface area contributed by atoms with E-state index in [0.29, 0.717) is 6.07 Å². The fraction of sp³-hybridized carbons (Fsp3) is 0.400. The zero-order chi connectivity index (χ0) is 14.6. The van der Waals surface area contributed by atoms with Gasteiger partial charge in [0.25, 0.3) is 5.69 Å². The van der Waals surface area contributed by atoms with Crippen LogP contribution in [0.15, 0.2) is 12.1 Å². The van der Waals surface area contributed by atoms with Gasteiger partial charge < -0.3 is 5.32 Å². The summed E-state index contributed by atoms with van der Waals surface area (Å²) >= 11 is 0. The first-order valence-electron chi connectivity index (χ1n) is 5.35. The van der Waals surface area contributed by atoms with Gasteiger partial charge in [-0.1, -0.05) is 6.92 Å². The van der Waals surface area contributed by atoms with E-state index in [2.05, 4.69) is 5.32 Å². The van der Waals surface area contributed by atoms with E-state index in [4.69, 9.17) is 0 Å². The monoisotopic (exact) mass is 294 g/mol. The van der Waals surface area contributed by atoms with Crippen molar-refractivity contribution in [3.63, 3.8) is 0 Å². The first-order chi connectivity index (χ1) is 8.78. The molecule has 0 heterocycles. The minimum Gasteiger partial charge on any atom is -0.376 e. The van der Waals surface area contributed by atoms with E-state index < -0.39 is 37.8 Å². The van der Waals surface area contributed by atoms with Crippen molar-refractivity contribution < 1.29 is 22.1 Å². The number of halogens is 2. The van der Waals surface area contributed by atoms with Crippen LogP contribution < -0.4 is 5.32 Å². The van der Waals surface area contributed by atoms with Crippen molar-refractivity contribution in [2.75, 3.05) is 23.4 Å². The highest BCUT2D eigenvalue weighted by molar-refractivity contribution is 7.91. The summed E-state index contributed by atoms with van der Waals surface area (Å²) in [5, 5.41) is 12.9. The molecule has 9 heteroatoms. The standard InChI is InChI=1S/C10H12F2N2O4S/c1-2-19(17,18)6-5-13-10-8(14(15)16)4-3-7(11)9(10)12/h3-4,13H,2,5-6H2,1H3. The lowest BCUT2D eigenvalue weighted by Gasteiger charge is -2.08. The minimum atomic E-state index is -3.29. The lowest BCUT2D eigenvalue weighted by molar-refractivity contribution is -0.384. The summed E-state index contributed by atoms with van der Waals surface area (Å²) in [5.41, 5.74) is -1.29. The number of sulfone groups is 1. The normalized spacial score (nSPS) is 11.3. The Hall–Kier alpha value is -1.77. The second-order valence-corrected chi connectivity index (χ2v) is 6.15. The highest BCUT2D eigenvalue weighted by Crippen LogP contribution is 2.28. The predicted octanol–water partition coefficient (Wildman–Crippen LogP) is 1.72. The Labute approximate surface area is 108 Å². The first kappa shape index (κ1) is 15.3. The Balaban J connectivity index is 2.94. The fourth-order valence-electron chi connectivity index (χ4n) is 1.34. The number of nitro groups is 1. The fourth-order valence-corrected chi connectivity index (χ4v) is 2.04. The molecule has 1 rings (SSSR count). The Bertz CT molecular complexity index is 589. The largest absolute Gasteiger partial charge is 0.376 e. The summed E-state index contributed by atoms with van der Waals surface area (Å²) in [5.74, 6) is -3.06. The molecule has 0 saturated carbocycles. The molecule has 0 aliphatic rings. The molecule has 106 valence electrons. The zero-order valence-electron chi connectivity index (χ0n) is 10.0. The molecule has 0 unspecified atom stereocenters. The molecule has 0 radical (unpaired) electrons. The van der Waals surface area contributed by atoms with Crippen LogP contribution >= 0.6 is 0 Å². The van der Waals surface area contributed by atoms with E-state index in [0.717, 1.165) is 6.07 Å². The van der Waals surface area contributed by atoms with Gasteiger partial charge in [-0.3, -0.25) is 10.1 Å². The minimum absolute atomic E-state index is 0.0948. The Morgan fingerprint density at radius 2 is 2.00 bits per heavy atom. The van der Waals surface area contributed by atoms with Gasteiger partial charge in [0, 0.05) is 18.4 Å². The van der Waals surface area contributed by atoms with Gasteiger partial charge in [0.2, 0.25) is 0 Å². The summed E-state index contributed by atoms with van der Waals surface area (Å²) < 4.78 is 48.9. The molecule has 0 bridgehead atoms. The molecule has 0 aliphatic heterocycles. The van der Waals surface area contributed by atoms with E-state index >= 15 is 0 Å². The van der Waals surface area contributed by atoms with E-state index in [9.17, 15) is 27.3 Å². The first-order valence-corrected chi connectivity index (χ1v) is 7.17. The van der Waals surface area contributed by atoms with Crippen LogP contribution in [0.3, 0.4) is 0 Å². The van der Waals surface area contributed by atoms with Crippen molar-refractivity contribution in [3.8, 4) is 0 Å². The van der Waals surface area contributed by atoms with Crippen LogP contribution in [0, 0.1) is 21.7 Å². The third-order valence-corrected chi connectivity index (χ3v) is 4.13. The lowest BCUT2D eigenvalue weighted by atomic mass is 10.2. The van der Waals surface area contributed by atoms with Gasteiger partial charge in [0.1, 0.15) is 0 Å². The molecule has 1 aromatic carbocycles. The van der Waals surface area contributed by atoms with Gasteiger partial charge in [-0.15, -0.1) is 0 Å². The highest BCUT2D eigenvalue weighted by Gasteiger charge is 2.21. The van der Waals surface area contributed by atoms with Gasteiger partial charge in [0.15, 0.2) is 27.2 Å². The van der Waals surface area contributed by atoms with Gasteiger partial charge in [0.05, 0.1) is 10.7 Å². The average Bonchev–Trinajstić information content (AvgIpc) is 2.34. The molecule has 0 fully saturated rings. The second kappa shape index (κ2) is 5.91. The Morgan fingerprint density at radius 1 is 1.37 bits per heavy atom. The third kappa shape index (κ3) is 3.85. The number of hydrogen-bond donors (Lipinski definition) is 1. The van der Waals surface area contributed by atoms with E-state index in [-0.39, 0.29) is 18.1 Å². The molecule has 1 aromatic rings. The van der Waals surface area contributed by atoms with Crippen LogP contribution in [0.2, 0.25) is 0 Å². The second-order valence-electron chi connectivity index (χ2n) is 3.68. The topological polar surface area (TPSA) is 89.3 Å². The third-order valence-electron chi connectivity index (χ3n) is 2.42. The van der Waals surface area contributed by atoms with Gasteiger partial charge in [-0.05, 0) is 6.07 Å². The van der Waals surface area contributed by atoms with Crippen LogP contribution in [0.1, 0.15) is 6.92 Å². The van der Waals surface area contributed by atoms with Crippen molar-refractivity contribution in [1.29, 1.82) is 0 Å². The summed E-state index contributed by atoms with van der Waals surface area (Å²) in [6.07, 6.45) is 0. The van der Waals surface area contributed by atoms with Crippen molar-refractivity contribution in [2.45, 2.75) is 6.92 Å². The molecular weight excluding hydrogens is 282 g/mol. The molecule has 0 amide bonds. The van der Waals surface area contributed by atoms with Crippen molar-refractivity contribution in [3.05, 3.63) is 33.9 Å². The molecule has 0 aliphatic carbocycles.